The minimum atomic E-state index is 0.616. The third kappa shape index (κ3) is 2.54. The first-order chi connectivity index (χ1) is 6.15. The Hall–Kier alpha value is -0.860. The van der Waals surface area contributed by atoms with Gasteiger partial charge in [-0.15, -0.1) is 0 Å². The molecule has 0 saturated heterocycles. The van der Waals surface area contributed by atoms with Gasteiger partial charge in [0.25, 0.3) is 0 Å². The van der Waals surface area contributed by atoms with Gasteiger partial charge >= 0.3 is 0 Å². The third-order valence-corrected chi connectivity index (χ3v) is 2.33. The molecule has 1 aromatic rings. The Morgan fingerprint density at radius 2 is 1.69 bits per heavy atom. The van der Waals surface area contributed by atoms with Crippen molar-refractivity contribution in [3.05, 3.63) is 34.4 Å². The summed E-state index contributed by atoms with van der Waals surface area (Å²) in [5.41, 5.74) is 7.45. The van der Waals surface area contributed by atoms with Crippen LogP contribution < -0.4 is 5.48 Å². The second kappa shape index (κ2) is 4.40. The third-order valence-electron chi connectivity index (χ3n) is 2.33. The van der Waals surface area contributed by atoms with E-state index in [9.17, 15) is 0 Å². The first-order valence-electron chi connectivity index (χ1n) is 4.59. The van der Waals surface area contributed by atoms with E-state index in [1.54, 1.807) is 0 Å². The summed E-state index contributed by atoms with van der Waals surface area (Å²) in [6.45, 7) is 6.96. The van der Waals surface area contributed by atoms with Crippen LogP contribution in [0.3, 0.4) is 0 Å². The minimum Gasteiger partial charge on any atom is -0.317 e. The second-order valence-corrected chi connectivity index (χ2v) is 3.54. The van der Waals surface area contributed by atoms with Crippen LogP contribution in [0.2, 0.25) is 0 Å². The van der Waals surface area contributed by atoms with Crippen LogP contribution in [0.4, 0.5) is 0 Å². The van der Waals surface area contributed by atoms with Crippen molar-refractivity contribution in [1.29, 1.82) is 0 Å². The van der Waals surface area contributed by atoms with Gasteiger partial charge in [0, 0.05) is 6.54 Å². The highest BCUT2D eigenvalue weighted by molar-refractivity contribution is 5.37. The molecule has 13 heavy (non-hydrogen) atoms. The molecule has 0 bridgehead atoms. The lowest BCUT2D eigenvalue weighted by Crippen LogP contribution is -2.12. The van der Waals surface area contributed by atoms with Crippen LogP contribution in [0.1, 0.15) is 22.3 Å². The van der Waals surface area contributed by atoms with Crippen LogP contribution in [-0.4, -0.2) is 11.8 Å². The highest BCUT2D eigenvalue weighted by Crippen LogP contribution is 2.16. The van der Waals surface area contributed by atoms with Gasteiger partial charge in [-0.05, 0) is 43.9 Å². The van der Waals surface area contributed by atoms with Crippen LogP contribution in [-0.2, 0) is 6.42 Å². The smallest absolute Gasteiger partial charge is 0.0248 e. The molecule has 0 atom stereocenters. The average Bonchev–Trinajstić information content (AvgIpc) is 2.02. The lowest BCUT2D eigenvalue weighted by Gasteiger charge is -2.10. The van der Waals surface area contributed by atoms with Crippen molar-refractivity contribution < 1.29 is 5.21 Å². The molecule has 1 rings (SSSR count). The van der Waals surface area contributed by atoms with Crippen LogP contribution in [0, 0.1) is 20.8 Å². The van der Waals surface area contributed by atoms with E-state index in [1.165, 1.54) is 22.3 Å². The second-order valence-electron chi connectivity index (χ2n) is 3.54. The molecule has 0 fully saturated rings. The molecule has 0 aromatic heterocycles. The van der Waals surface area contributed by atoms with Crippen molar-refractivity contribution in [1.82, 2.24) is 5.48 Å². The number of rotatable bonds is 3. The fourth-order valence-electron chi connectivity index (χ4n) is 1.79. The Balaban J connectivity index is 2.92. The van der Waals surface area contributed by atoms with E-state index in [1.807, 2.05) is 0 Å². The van der Waals surface area contributed by atoms with Crippen molar-refractivity contribution in [2.75, 3.05) is 6.54 Å². The number of nitrogens with one attached hydrogen (secondary N) is 1. The zero-order valence-electron chi connectivity index (χ0n) is 8.52. The standard InChI is InChI=1S/C11H17NO/c1-8-6-9(2)11(4-5-12-13)10(3)7-8/h6-7,12-13H,4-5H2,1-3H3. The van der Waals surface area contributed by atoms with Crippen LogP contribution in [0.25, 0.3) is 0 Å². The number of aryl methyl sites for hydroxylation is 3. The highest BCUT2D eigenvalue weighted by Gasteiger charge is 2.02. The summed E-state index contributed by atoms with van der Waals surface area (Å²) in [7, 11) is 0. The lowest BCUT2D eigenvalue weighted by atomic mass is 9.97. The van der Waals surface area contributed by atoms with Crippen molar-refractivity contribution in [2.45, 2.75) is 27.2 Å². The Morgan fingerprint density at radius 1 is 1.15 bits per heavy atom. The molecule has 72 valence electrons. The van der Waals surface area contributed by atoms with Crippen molar-refractivity contribution in [3.63, 3.8) is 0 Å². The Labute approximate surface area is 79.6 Å². The summed E-state index contributed by atoms with van der Waals surface area (Å²) in [5, 5.41) is 8.51. The van der Waals surface area contributed by atoms with E-state index < -0.39 is 0 Å². The largest absolute Gasteiger partial charge is 0.317 e. The maximum Gasteiger partial charge on any atom is 0.0248 e. The van der Waals surface area contributed by atoms with E-state index in [0.717, 1.165) is 6.42 Å². The van der Waals surface area contributed by atoms with Crippen molar-refractivity contribution in [3.8, 4) is 0 Å². The van der Waals surface area contributed by atoms with Crippen LogP contribution >= 0.6 is 0 Å². The van der Waals surface area contributed by atoms with E-state index in [-0.39, 0.29) is 0 Å². The molecule has 0 aliphatic heterocycles. The summed E-state index contributed by atoms with van der Waals surface area (Å²) >= 11 is 0. The van der Waals surface area contributed by atoms with Crippen LogP contribution in [0.15, 0.2) is 12.1 Å². The summed E-state index contributed by atoms with van der Waals surface area (Å²) < 4.78 is 0. The van der Waals surface area contributed by atoms with Crippen LogP contribution in [0.5, 0.6) is 0 Å². The zero-order valence-corrected chi connectivity index (χ0v) is 8.52. The Bertz CT molecular complexity index is 271. The summed E-state index contributed by atoms with van der Waals surface area (Å²) in [6.07, 6.45) is 0.883. The first-order valence-corrected chi connectivity index (χ1v) is 4.59. The molecule has 0 radical (unpaired) electrons. The number of benzene rings is 1. The van der Waals surface area contributed by atoms with E-state index in [2.05, 4.69) is 38.4 Å². The molecule has 2 heteroatoms. The maximum absolute atomic E-state index is 8.51. The van der Waals surface area contributed by atoms with E-state index >= 15 is 0 Å². The van der Waals surface area contributed by atoms with E-state index in [4.69, 9.17) is 5.21 Å². The molecular formula is C11H17NO. The van der Waals surface area contributed by atoms with Gasteiger partial charge < -0.3 is 5.21 Å². The number of hydrogen-bond acceptors (Lipinski definition) is 2. The predicted octanol–water partition coefficient (Wildman–Crippen LogP) is 2.13. The van der Waals surface area contributed by atoms with Gasteiger partial charge in [-0.2, -0.15) is 0 Å². The molecule has 0 saturated carbocycles. The van der Waals surface area contributed by atoms with Gasteiger partial charge in [-0.1, -0.05) is 17.7 Å². The molecular weight excluding hydrogens is 162 g/mol. The van der Waals surface area contributed by atoms with Gasteiger partial charge in [0.2, 0.25) is 0 Å². The summed E-state index contributed by atoms with van der Waals surface area (Å²) in [5.74, 6) is 0. The Kier molecular flexibility index (Phi) is 3.46. The molecule has 0 aliphatic rings. The van der Waals surface area contributed by atoms with Gasteiger partial charge in [-0.25, -0.2) is 5.48 Å². The molecule has 0 amide bonds. The van der Waals surface area contributed by atoms with Gasteiger partial charge in [0.05, 0.1) is 0 Å². The number of hydrogen-bond donors (Lipinski definition) is 2. The Morgan fingerprint density at radius 3 is 2.15 bits per heavy atom. The quantitative estimate of drug-likeness (QED) is 0.697. The topological polar surface area (TPSA) is 32.3 Å². The SMILES string of the molecule is Cc1cc(C)c(CCNO)c(C)c1. The number of hydroxylamine groups is 1. The highest BCUT2D eigenvalue weighted by atomic mass is 16.5. The molecule has 0 heterocycles. The fourth-order valence-corrected chi connectivity index (χ4v) is 1.79. The van der Waals surface area contributed by atoms with Crippen molar-refractivity contribution in [2.24, 2.45) is 0 Å². The monoisotopic (exact) mass is 179 g/mol. The molecule has 0 unspecified atom stereocenters. The summed E-state index contributed by atoms with van der Waals surface area (Å²) in [4.78, 5) is 0. The van der Waals surface area contributed by atoms with Gasteiger partial charge in [0.1, 0.15) is 0 Å². The van der Waals surface area contributed by atoms with E-state index in [0.29, 0.717) is 6.54 Å². The van der Waals surface area contributed by atoms with Gasteiger partial charge in [-0.3, -0.25) is 0 Å². The maximum atomic E-state index is 8.51. The zero-order chi connectivity index (χ0) is 9.84. The van der Waals surface area contributed by atoms with Crippen molar-refractivity contribution >= 4 is 0 Å². The molecule has 0 aliphatic carbocycles. The molecule has 2 nitrogen and oxygen atoms in total. The fraction of sp³-hybridized carbons (Fsp3) is 0.455. The summed E-state index contributed by atoms with van der Waals surface area (Å²) in [6, 6.07) is 4.36. The predicted molar refractivity (Wildman–Crippen MR) is 54.1 cm³/mol. The molecule has 0 spiro atoms. The first kappa shape index (κ1) is 10.2. The average molecular weight is 179 g/mol. The minimum absolute atomic E-state index is 0.616. The lowest BCUT2D eigenvalue weighted by molar-refractivity contribution is 0.168. The molecule has 1 aromatic carbocycles. The normalized spacial score (nSPS) is 10.5. The van der Waals surface area contributed by atoms with Gasteiger partial charge in [0.15, 0.2) is 0 Å². The molecule has 2 N–H and O–H groups in total.